The fourth-order valence-electron chi connectivity index (χ4n) is 2.72. The van der Waals surface area contributed by atoms with Gasteiger partial charge in [-0.1, -0.05) is 81.5 Å². The Kier molecular flexibility index (Phi) is 11.3. The van der Waals surface area contributed by atoms with Gasteiger partial charge in [-0.15, -0.1) is 0 Å². The summed E-state index contributed by atoms with van der Waals surface area (Å²) >= 11 is 0. The van der Waals surface area contributed by atoms with Gasteiger partial charge in [0, 0.05) is 5.41 Å². The molecule has 2 aromatic carbocycles. The average Bonchev–Trinajstić information content (AvgIpc) is 2.85. The van der Waals surface area contributed by atoms with Gasteiger partial charge in [-0.05, 0) is 28.7 Å². The number of amides is 1. The summed E-state index contributed by atoms with van der Waals surface area (Å²) in [7, 11) is -0.705. The first-order valence-corrected chi connectivity index (χ1v) is 11.1. The van der Waals surface area contributed by atoms with Crippen LogP contribution in [0.2, 0.25) is 13.1 Å². The maximum absolute atomic E-state index is 10.2. The SMILES string of the molecule is CC(C)(C)C(N)=O.C[SiH](C)c1cccc2c1Cc1ccccc1-2.[CH3-].[CH3-].[Ti+2]. The van der Waals surface area contributed by atoms with Crippen LogP contribution in [0.3, 0.4) is 0 Å². The van der Waals surface area contributed by atoms with Crippen LogP contribution < -0.4 is 10.9 Å². The molecule has 0 unspecified atom stereocenters. The molecule has 2 N–H and O–H groups in total. The number of benzene rings is 2. The van der Waals surface area contributed by atoms with Crippen molar-refractivity contribution in [2.75, 3.05) is 0 Å². The van der Waals surface area contributed by atoms with Crippen molar-refractivity contribution in [2.45, 2.75) is 40.3 Å². The molecule has 2 nitrogen and oxygen atoms in total. The van der Waals surface area contributed by atoms with Crippen LogP contribution in [-0.4, -0.2) is 14.7 Å². The van der Waals surface area contributed by atoms with Gasteiger partial charge in [0.1, 0.15) is 0 Å². The Hall–Kier alpha value is -1.16. The predicted molar refractivity (Wildman–Crippen MR) is 115 cm³/mol. The molecule has 4 heteroatoms. The zero-order chi connectivity index (χ0) is 17.2. The summed E-state index contributed by atoms with van der Waals surface area (Å²) < 4.78 is 0. The number of carbonyl (C=O) groups is 1. The van der Waals surface area contributed by atoms with Gasteiger partial charge < -0.3 is 20.6 Å². The molecule has 1 aliphatic carbocycles. The van der Waals surface area contributed by atoms with Crippen molar-refractivity contribution in [2.24, 2.45) is 11.1 Å². The van der Waals surface area contributed by atoms with Gasteiger partial charge >= 0.3 is 21.7 Å². The number of primary amides is 1. The Morgan fingerprint density at radius 2 is 1.46 bits per heavy atom. The van der Waals surface area contributed by atoms with Gasteiger partial charge in [-0.2, -0.15) is 0 Å². The molecule has 0 heterocycles. The van der Waals surface area contributed by atoms with Gasteiger partial charge in [0.2, 0.25) is 5.91 Å². The van der Waals surface area contributed by atoms with Crippen LogP contribution in [-0.2, 0) is 32.9 Å². The van der Waals surface area contributed by atoms with Crippen LogP contribution in [0.25, 0.3) is 11.1 Å². The van der Waals surface area contributed by atoms with E-state index in [1.807, 2.05) is 0 Å². The van der Waals surface area contributed by atoms with Crippen LogP contribution in [0.4, 0.5) is 0 Å². The van der Waals surface area contributed by atoms with Crippen molar-refractivity contribution in [3.05, 3.63) is 68.4 Å². The van der Waals surface area contributed by atoms with Gasteiger partial charge in [-0.3, -0.25) is 4.79 Å². The summed E-state index contributed by atoms with van der Waals surface area (Å²) in [5.74, 6) is -0.257. The molecule has 1 amide bonds. The molecule has 140 valence electrons. The van der Waals surface area contributed by atoms with E-state index in [0.717, 1.165) is 6.42 Å². The first-order chi connectivity index (χ1) is 10.7. The Morgan fingerprint density at radius 3 is 1.96 bits per heavy atom. The van der Waals surface area contributed by atoms with Crippen LogP contribution in [0.1, 0.15) is 31.9 Å². The number of hydrogen-bond acceptors (Lipinski definition) is 1. The summed E-state index contributed by atoms with van der Waals surface area (Å²) in [6.45, 7) is 10.2. The molecule has 3 rings (SSSR count). The Bertz CT molecular complexity index is 720. The largest absolute Gasteiger partial charge is 2.00 e. The molecule has 0 fully saturated rings. The fraction of sp³-hybridized carbons (Fsp3) is 0.318. The van der Waals surface area contributed by atoms with E-state index in [0.29, 0.717) is 0 Å². The van der Waals surface area contributed by atoms with Gasteiger partial charge in [0.25, 0.3) is 0 Å². The zero-order valence-corrected chi connectivity index (χ0v) is 20.0. The predicted octanol–water partition coefficient (Wildman–Crippen LogP) is 4.37. The average molecular weight is 403 g/mol. The number of nitrogens with two attached hydrogens (primary N) is 1. The smallest absolute Gasteiger partial charge is 0.369 e. The third-order valence-corrected chi connectivity index (χ3v) is 6.03. The van der Waals surface area contributed by atoms with Gasteiger partial charge in [0.15, 0.2) is 0 Å². The number of hydrogen-bond donors (Lipinski definition) is 1. The Balaban J connectivity index is 0. The Morgan fingerprint density at radius 1 is 0.962 bits per heavy atom. The molecule has 1 aliphatic rings. The van der Waals surface area contributed by atoms with E-state index in [2.05, 4.69) is 55.6 Å². The summed E-state index contributed by atoms with van der Waals surface area (Å²) in [5, 5.41) is 1.65. The molecule has 0 atom stereocenters. The summed E-state index contributed by atoms with van der Waals surface area (Å²) in [5.41, 5.74) is 10.6. The van der Waals surface area contributed by atoms with Crippen molar-refractivity contribution in [1.29, 1.82) is 0 Å². The second-order valence-corrected chi connectivity index (χ2v) is 10.4. The normalized spacial score (nSPS) is 10.8. The molecule has 0 aromatic heterocycles. The minimum absolute atomic E-state index is 0. The fourth-order valence-corrected chi connectivity index (χ4v) is 4.17. The molecule has 2 aromatic rings. The Labute approximate surface area is 177 Å². The van der Waals surface area contributed by atoms with Gasteiger partial charge in [-0.25, -0.2) is 0 Å². The quantitative estimate of drug-likeness (QED) is 0.476. The van der Waals surface area contributed by atoms with Gasteiger partial charge in [0.05, 0.1) is 8.80 Å². The van der Waals surface area contributed by atoms with Crippen LogP contribution in [0, 0.1) is 20.3 Å². The second kappa shape index (κ2) is 10.9. The molecule has 0 bridgehead atoms. The van der Waals surface area contributed by atoms with Crippen LogP contribution in [0.5, 0.6) is 0 Å². The van der Waals surface area contributed by atoms with Crippen LogP contribution >= 0.6 is 0 Å². The molecule has 0 saturated carbocycles. The van der Waals surface area contributed by atoms with Crippen molar-refractivity contribution < 1.29 is 26.5 Å². The molecule has 0 aliphatic heterocycles. The molecular formula is C22H33NOSiTi. The number of fused-ring (bicyclic) bond motifs is 3. The van der Waals surface area contributed by atoms with E-state index in [1.54, 1.807) is 31.5 Å². The topological polar surface area (TPSA) is 43.1 Å². The molecule has 0 spiro atoms. The summed E-state index contributed by atoms with van der Waals surface area (Å²) in [6.07, 6.45) is 1.15. The maximum Gasteiger partial charge on any atom is 2.00 e. The van der Waals surface area contributed by atoms with Crippen molar-refractivity contribution >= 4 is 19.9 Å². The minimum Gasteiger partial charge on any atom is -0.369 e. The standard InChI is InChI=1S/C15H16Si.C5H11NO.2CH3.Ti/c1-16(2)15-9-5-8-13-12-7-4-3-6-11(12)10-14(13)15;1-5(2,3)4(6)7;;;/h3-9,16H,10H2,1-2H3;1-3H3,(H2,6,7);2*1H3;/q;;2*-1;+2. The van der Waals surface area contributed by atoms with Crippen molar-refractivity contribution in [3.8, 4) is 11.1 Å². The third-order valence-electron chi connectivity index (χ3n) is 4.25. The van der Waals surface area contributed by atoms with E-state index in [1.165, 1.54) is 16.7 Å². The molecule has 26 heavy (non-hydrogen) atoms. The van der Waals surface area contributed by atoms with E-state index in [4.69, 9.17) is 5.73 Å². The van der Waals surface area contributed by atoms with Crippen LogP contribution in [0.15, 0.2) is 42.5 Å². The molecule has 0 radical (unpaired) electrons. The first-order valence-electron chi connectivity index (χ1n) is 8.21. The number of rotatable bonds is 1. The molecular weight excluding hydrogens is 370 g/mol. The van der Waals surface area contributed by atoms with E-state index >= 15 is 0 Å². The summed E-state index contributed by atoms with van der Waals surface area (Å²) in [6, 6.07) is 15.7. The monoisotopic (exact) mass is 403 g/mol. The molecule has 0 saturated heterocycles. The van der Waals surface area contributed by atoms with Crippen molar-refractivity contribution in [3.63, 3.8) is 0 Å². The van der Waals surface area contributed by atoms with E-state index in [-0.39, 0.29) is 47.9 Å². The van der Waals surface area contributed by atoms with Crippen molar-refractivity contribution in [1.82, 2.24) is 0 Å². The zero-order valence-electron chi connectivity index (χ0n) is 17.3. The maximum atomic E-state index is 10.2. The first kappa shape index (κ1) is 27.1. The third kappa shape index (κ3) is 6.22. The summed E-state index contributed by atoms with van der Waals surface area (Å²) in [4.78, 5) is 10.2. The number of carbonyl (C=O) groups excluding carboxylic acids is 1. The van der Waals surface area contributed by atoms with E-state index in [9.17, 15) is 4.79 Å². The minimum atomic E-state index is -0.705. The second-order valence-electron chi connectivity index (χ2n) is 7.48. The van der Waals surface area contributed by atoms with E-state index < -0.39 is 8.80 Å².